The Morgan fingerprint density at radius 1 is 0.625 bits per heavy atom. The van der Waals surface area contributed by atoms with E-state index >= 15 is 0 Å². The van der Waals surface area contributed by atoms with Gasteiger partial charge >= 0.3 is 0 Å². The summed E-state index contributed by atoms with van der Waals surface area (Å²) in [5.74, 6) is -0.266. The molecular formula is C21H41N3. The molecule has 0 bridgehead atoms. The van der Waals surface area contributed by atoms with E-state index in [2.05, 4.69) is 42.6 Å². The Morgan fingerprint density at radius 3 is 1.38 bits per heavy atom. The molecule has 140 valence electrons. The molecule has 3 nitrogen and oxygen atoms in total. The third-order valence-corrected chi connectivity index (χ3v) is 4.30. The molecule has 0 heterocycles. The lowest BCUT2D eigenvalue weighted by molar-refractivity contribution is 0.196. The Kier molecular flexibility index (Phi) is 16.3. The summed E-state index contributed by atoms with van der Waals surface area (Å²) < 4.78 is 0. The summed E-state index contributed by atoms with van der Waals surface area (Å²) in [6.07, 6.45) is 18.9. The normalized spacial score (nSPS) is 11.4. The van der Waals surface area contributed by atoms with Crippen LogP contribution in [-0.2, 0) is 0 Å². The highest BCUT2D eigenvalue weighted by Crippen LogP contribution is 2.14. The van der Waals surface area contributed by atoms with Gasteiger partial charge in [0.05, 0.1) is 0 Å². The minimum absolute atomic E-state index is 0.266. The zero-order chi connectivity index (χ0) is 17.9. The second kappa shape index (κ2) is 16.9. The summed E-state index contributed by atoms with van der Waals surface area (Å²) in [4.78, 5) is 0. The van der Waals surface area contributed by atoms with E-state index in [1.807, 2.05) is 18.2 Å². The smallest absolute Gasteiger partial charge is 0.124 e. The van der Waals surface area contributed by atoms with Crippen molar-refractivity contribution in [2.45, 2.75) is 76.9 Å². The number of unbranched alkanes of at least 4 members (excludes halogenated alkanes) is 8. The van der Waals surface area contributed by atoms with Crippen LogP contribution in [0.25, 0.3) is 0 Å². The molecule has 0 saturated heterocycles. The molecule has 0 unspecified atom stereocenters. The molecule has 0 aliphatic carbocycles. The van der Waals surface area contributed by atoms with Crippen LogP contribution in [0.15, 0.2) is 38.0 Å². The second-order valence-electron chi connectivity index (χ2n) is 6.49. The van der Waals surface area contributed by atoms with Gasteiger partial charge in [-0.15, -0.1) is 19.7 Å². The standard InChI is InChI=1S/C21H41N3/c1-5-9-10-11-12-13-14-15-16-17-21(22-18-6-2,23-19-7-3)24-20-8-4/h6-8,22-24H,2-5,9-20H2,1H3. The van der Waals surface area contributed by atoms with Gasteiger partial charge in [-0.3, -0.25) is 16.0 Å². The monoisotopic (exact) mass is 335 g/mol. The second-order valence-corrected chi connectivity index (χ2v) is 6.49. The highest BCUT2D eigenvalue weighted by atomic mass is 15.3. The van der Waals surface area contributed by atoms with Crippen LogP contribution in [-0.4, -0.2) is 25.4 Å². The van der Waals surface area contributed by atoms with Crippen molar-refractivity contribution in [3.8, 4) is 0 Å². The molecule has 0 aromatic heterocycles. The van der Waals surface area contributed by atoms with Crippen LogP contribution in [0, 0.1) is 0 Å². The fourth-order valence-electron chi connectivity index (χ4n) is 2.89. The van der Waals surface area contributed by atoms with E-state index in [9.17, 15) is 0 Å². The van der Waals surface area contributed by atoms with Gasteiger partial charge in [-0.25, -0.2) is 0 Å². The summed E-state index contributed by atoms with van der Waals surface area (Å²) >= 11 is 0. The van der Waals surface area contributed by atoms with Gasteiger partial charge in [0.2, 0.25) is 0 Å². The highest BCUT2D eigenvalue weighted by Gasteiger charge is 2.26. The molecular weight excluding hydrogens is 294 g/mol. The molecule has 0 aliphatic rings. The van der Waals surface area contributed by atoms with Gasteiger partial charge in [0.1, 0.15) is 5.79 Å². The molecule has 0 fully saturated rings. The van der Waals surface area contributed by atoms with Crippen LogP contribution < -0.4 is 16.0 Å². The Labute approximate surface area is 151 Å². The lowest BCUT2D eigenvalue weighted by Crippen LogP contribution is -2.66. The van der Waals surface area contributed by atoms with Crippen LogP contribution in [0.2, 0.25) is 0 Å². The number of nitrogens with one attached hydrogen (secondary N) is 3. The first-order valence-corrected chi connectivity index (χ1v) is 9.82. The summed E-state index contributed by atoms with van der Waals surface area (Å²) in [7, 11) is 0. The van der Waals surface area contributed by atoms with E-state index in [1.165, 1.54) is 57.8 Å². The van der Waals surface area contributed by atoms with Crippen LogP contribution in [0.1, 0.15) is 71.1 Å². The summed E-state index contributed by atoms with van der Waals surface area (Å²) in [5, 5.41) is 10.6. The first-order chi connectivity index (χ1) is 11.7. The minimum atomic E-state index is -0.266. The van der Waals surface area contributed by atoms with Gasteiger partial charge in [0, 0.05) is 19.6 Å². The van der Waals surface area contributed by atoms with Crippen molar-refractivity contribution >= 4 is 0 Å². The molecule has 0 rings (SSSR count). The van der Waals surface area contributed by atoms with Crippen molar-refractivity contribution in [3.05, 3.63) is 38.0 Å². The van der Waals surface area contributed by atoms with E-state index in [0.29, 0.717) is 0 Å². The zero-order valence-corrected chi connectivity index (χ0v) is 16.0. The Balaban J connectivity index is 4.14. The fraction of sp³-hybridized carbons (Fsp3) is 0.714. The third kappa shape index (κ3) is 12.5. The van der Waals surface area contributed by atoms with Crippen LogP contribution in [0.4, 0.5) is 0 Å². The van der Waals surface area contributed by atoms with Gasteiger partial charge in [0.15, 0.2) is 0 Å². The first kappa shape index (κ1) is 23.1. The van der Waals surface area contributed by atoms with Crippen LogP contribution in [0.5, 0.6) is 0 Å². The van der Waals surface area contributed by atoms with Crippen molar-refractivity contribution in [2.24, 2.45) is 0 Å². The average Bonchev–Trinajstić information content (AvgIpc) is 2.61. The first-order valence-electron chi connectivity index (χ1n) is 9.82. The number of hydrogen-bond donors (Lipinski definition) is 3. The molecule has 0 spiro atoms. The van der Waals surface area contributed by atoms with E-state index in [4.69, 9.17) is 0 Å². The summed E-state index contributed by atoms with van der Waals surface area (Å²) in [6.45, 7) is 16.0. The zero-order valence-electron chi connectivity index (χ0n) is 16.0. The van der Waals surface area contributed by atoms with E-state index in [0.717, 1.165) is 26.1 Å². The van der Waals surface area contributed by atoms with Crippen molar-refractivity contribution in [1.82, 2.24) is 16.0 Å². The third-order valence-electron chi connectivity index (χ3n) is 4.30. The van der Waals surface area contributed by atoms with Gasteiger partial charge in [-0.1, -0.05) is 76.5 Å². The Bertz CT molecular complexity index is 281. The molecule has 3 N–H and O–H groups in total. The fourth-order valence-corrected chi connectivity index (χ4v) is 2.89. The minimum Gasteiger partial charge on any atom is -0.283 e. The Morgan fingerprint density at radius 2 is 1.00 bits per heavy atom. The lowest BCUT2D eigenvalue weighted by Gasteiger charge is -2.36. The molecule has 3 heteroatoms. The van der Waals surface area contributed by atoms with Gasteiger partial charge in [0.25, 0.3) is 0 Å². The summed E-state index contributed by atoms with van der Waals surface area (Å²) in [5.41, 5.74) is 0. The van der Waals surface area contributed by atoms with Crippen molar-refractivity contribution in [3.63, 3.8) is 0 Å². The van der Waals surface area contributed by atoms with Gasteiger partial charge in [-0.2, -0.15) is 0 Å². The molecule has 0 saturated carbocycles. The maximum Gasteiger partial charge on any atom is 0.124 e. The van der Waals surface area contributed by atoms with E-state index < -0.39 is 0 Å². The predicted octanol–water partition coefficient (Wildman–Crippen LogP) is 4.89. The van der Waals surface area contributed by atoms with Gasteiger partial charge < -0.3 is 0 Å². The average molecular weight is 336 g/mol. The summed E-state index contributed by atoms with van der Waals surface area (Å²) in [6, 6.07) is 0. The predicted molar refractivity (Wildman–Crippen MR) is 109 cm³/mol. The van der Waals surface area contributed by atoms with Gasteiger partial charge in [-0.05, 0) is 12.8 Å². The van der Waals surface area contributed by atoms with Crippen molar-refractivity contribution in [2.75, 3.05) is 19.6 Å². The molecule has 0 aliphatic heterocycles. The molecule has 0 atom stereocenters. The topological polar surface area (TPSA) is 36.1 Å². The Hall–Kier alpha value is -0.900. The molecule has 0 aromatic rings. The van der Waals surface area contributed by atoms with E-state index in [1.54, 1.807) is 0 Å². The maximum atomic E-state index is 3.82. The molecule has 0 amide bonds. The maximum absolute atomic E-state index is 3.82. The largest absolute Gasteiger partial charge is 0.283 e. The van der Waals surface area contributed by atoms with Crippen molar-refractivity contribution in [1.29, 1.82) is 0 Å². The molecule has 0 radical (unpaired) electrons. The quantitative estimate of drug-likeness (QED) is 0.179. The van der Waals surface area contributed by atoms with E-state index in [-0.39, 0.29) is 5.79 Å². The lowest BCUT2D eigenvalue weighted by atomic mass is 10.0. The number of rotatable bonds is 19. The van der Waals surface area contributed by atoms with Crippen LogP contribution in [0.3, 0.4) is 0 Å². The molecule has 24 heavy (non-hydrogen) atoms. The number of hydrogen-bond acceptors (Lipinski definition) is 3. The van der Waals surface area contributed by atoms with Crippen LogP contribution >= 0.6 is 0 Å². The SMILES string of the molecule is C=CCNC(CCCCCCCCCCC)(NCC=C)NCC=C. The highest BCUT2D eigenvalue weighted by molar-refractivity contribution is 4.90. The molecule has 0 aromatic carbocycles. The van der Waals surface area contributed by atoms with Crippen molar-refractivity contribution < 1.29 is 0 Å².